The minimum Gasteiger partial charge on any atom is -0.495 e. The summed E-state index contributed by atoms with van der Waals surface area (Å²) in [5.41, 5.74) is 2.23. The zero-order valence-corrected chi connectivity index (χ0v) is 17.2. The van der Waals surface area contributed by atoms with E-state index in [0.717, 1.165) is 20.3 Å². The number of halogens is 1. The summed E-state index contributed by atoms with van der Waals surface area (Å²) in [7, 11) is 4.77. The van der Waals surface area contributed by atoms with E-state index in [-0.39, 0.29) is 11.2 Å². The number of aryl methyl sites for hydroxylation is 1. The van der Waals surface area contributed by atoms with Crippen molar-refractivity contribution in [3.05, 3.63) is 80.0 Å². The molecule has 0 radical (unpaired) electrons. The summed E-state index contributed by atoms with van der Waals surface area (Å²) in [6.45, 7) is 0. The number of ether oxygens (including phenoxy) is 1. The van der Waals surface area contributed by atoms with Gasteiger partial charge in [0.15, 0.2) is 0 Å². The molecule has 0 unspecified atom stereocenters. The topological polar surface area (TPSA) is 58.2 Å². The largest absolute Gasteiger partial charge is 0.495 e. The SMILES string of the molecule is COc1ccccc1-n1cc2c(c1-c1ccc(Br)cc1)c(=O)n(C)c(=O)n2C. The Balaban J connectivity index is 2.22. The lowest BCUT2D eigenvalue weighted by Crippen LogP contribution is -2.36. The number of rotatable bonds is 3. The highest BCUT2D eigenvalue weighted by Gasteiger charge is 2.21. The quantitative estimate of drug-likeness (QED) is 0.490. The zero-order chi connectivity index (χ0) is 20.0. The Kier molecular flexibility index (Phi) is 4.47. The van der Waals surface area contributed by atoms with Crippen molar-refractivity contribution in [1.82, 2.24) is 13.7 Å². The number of nitrogens with zero attached hydrogens (tertiary/aromatic N) is 3. The summed E-state index contributed by atoms with van der Waals surface area (Å²) in [6.07, 6.45) is 1.81. The monoisotopic (exact) mass is 439 g/mol. The van der Waals surface area contributed by atoms with Crippen molar-refractivity contribution in [2.45, 2.75) is 0 Å². The molecule has 0 aliphatic carbocycles. The first-order valence-corrected chi connectivity index (χ1v) is 9.43. The van der Waals surface area contributed by atoms with E-state index in [1.54, 1.807) is 14.2 Å². The van der Waals surface area contributed by atoms with Crippen LogP contribution in [0.3, 0.4) is 0 Å². The van der Waals surface area contributed by atoms with Crippen LogP contribution in [-0.2, 0) is 14.1 Å². The lowest BCUT2D eigenvalue weighted by Gasteiger charge is -2.13. The maximum atomic E-state index is 13.1. The second kappa shape index (κ2) is 6.83. The van der Waals surface area contributed by atoms with Crippen LogP contribution in [0, 0.1) is 0 Å². The van der Waals surface area contributed by atoms with Gasteiger partial charge in [-0.25, -0.2) is 4.79 Å². The van der Waals surface area contributed by atoms with Crippen molar-refractivity contribution in [2.24, 2.45) is 14.1 Å². The van der Waals surface area contributed by atoms with Crippen LogP contribution in [0.15, 0.2) is 68.8 Å². The maximum Gasteiger partial charge on any atom is 0.330 e. The van der Waals surface area contributed by atoms with Gasteiger partial charge in [0, 0.05) is 24.8 Å². The average Bonchev–Trinajstić information content (AvgIpc) is 3.11. The highest BCUT2D eigenvalue weighted by Crippen LogP contribution is 2.34. The Hall–Kier alpha value is -3.06. The molecule has 2 heterocycles. The smallest absolute Gasteiger partial charge is 0.330 e. The lowest BCUT2D eigenvalue weighted by molar-refractivity contribution is 0.413. The zero-order valence-electron chi connectivity index (χ0n) is 15.6. The predicted octanol–water partition coefficient (Wildman–Crippen LogP) is 3.47. The second-order valence-electron chi connectivity index (χ2n) is 6.49. The molecule has 0 saturated heterocycles. The molecule has 0 N–H and O–H groups in total. The molecule has 2 aromatic carbocycles. The summed E-state index contributed by atoms with van der Waals surface area (Å²) >= 11 is 3.45. The molecule has 0 aliphatic heterocycles. The molecule has 0 fully saturated rings. The van der Waals surface area contributed by atoms with Crippen LogP contribution in [0.25, 0.3) is 27.8 Å². The molecule has 0 saturated carbocycles. The van der Waals surface area contributed by atoms with Gasteiger partial charge < -0.3 is 9.30 Å². The number of aromatic nitrogens is 3. The third-order valence-electron chi connectivity index (χ3n) is 4.90. The van der Waals surface area contributed by atoms with E-state index in [1.807, 2.05) is 59.3 Å². The van der Waals surface area contributed by atoms with Crippen LogP contribution in [0.1, 0.15) is 0 Å². The van der Waals surface area contributed by atoms with Crippen LogP contribution < -0.4 is 16.0 Å². The first-order chi connectivity index (χ1) is 13.4. The summed E-state index contributed by atoms with van der Waals surface area (Å²) in [6, 6.07) is 15.3. The number of methoxy groups -OCH3 is 1. The summed E-state index contributed by atoms with van der Waals surface area (Å²) < 4.78 is 11.0. The molecule has 0 amide bonds. The van der Waals surface area contributed by atoms with E-state index in [0.29, 0.717) is 22.3 Å². The molecule has 142 valence electrons. The Morgan fingerprint density at radius 1 is 0.929 bits per heavy atom. The first kappa shape index (κ1) is 18.3. The second-order valence-corrected chi connectivity index (χ2v) is 7.41. The van der Waals surface area contributed by atoms with Crippen LogP contribution >= 0.6 is 15.9 Å². The Bertz CT molecular complexity index is 1310. The van der Waals surface area contributed by atoms with E-state index < -0.39 is 0 Å². The fraction of sp³-hybridized carbons (Fsp3) is 0.143. The number of fused-ring (bicyclic) bond motifs is 1. The number of benzene rings is 2. The van der Waals surface area contributed by atoms with Gasteiger partial charge in [-0.1, -0.05) is 40.2 Å². The third kappa shape index (κ3) is 2.70. The molecule has 28 heavy (non-hydrogen) atoms. The first-order valence-electron chi connectivity index (χ1n) is 8.64. The Labute approximate surface area is 169 Å². The van der Waals surface area contributed by atoms with Gasteiger partial charge in [-0.2, -0.15) is 0 Å². The molecular formula is C21H18BrN3O3. The van der Waals surface area contributed by atoms with Crippen molar-refractivity contribution >= 4 is 26.8 Å². The Morgan fingerprint density at radius 2 is 1.61 bits per heavy atom. The van der Waals surface area contributed by atoms with E-state index in [1.165, 1.54) is 11.6 Å². The normalized spacial score (nSPS) is 11.1. The van der Waals surface area contributed by atoms with E-state index >= 15 is 0 Å². The molecule has 7 heteroatoms. The van der Waals surface area contributed by atoms with E-state index in [2.05, 4.69) is 15.9 Å². The van der Waals surface area contributed by atoms with Gasteiger partial charge in [0.1, 0.15) is 5.75 Å². The summed E-state index contributed by atoms with van der Waals surface area (Å²) in [4.78, 5) is 25.5. The summed E-state index contributed by atoms with van der Waals surface area (Å²) in [5.74, 6) is 0.669. The average molecular weight is 440 g/mol. The molecule has 6 nitrogen and oxygen atoms in total. The molecule has 0 spiro atoms. The number of hydrogen-bond acceptors (Lipinski definition) is 3. The van der Waals surface area contributed by atoms with E-state index in [9.17, 15) is 9.59 Å². The van der Waals surface area contributed by atoms with Crippen molar-refractivity contribution in [3.8, 4) is 22.7 Å². The van der Waals surface area contributed by atoms with Gasteiger partial charge in [-0.05, 0) is 29.8 Å². The van der Waals surface area contributed by atoms with Crippen molar-refractivity contribution in [2.75, 3.05) is 7.11 Å². The van der Waals surface area contributed by atoms with Gasteiger partial charge in [0.25, 0.3) is 5.56 Å². The number of hydrogen-bond donors (Lipinski definition) is 0. The molecule has 4 aromatic rings. The highest BCUT2D eigenvalue weighted by molar-refractivity contribution is 9.10. The van der Waals surface area contributed by atoms with Crippen molar-refractivity contribution in [3.63, 3.8) is 0 Å². The lowest BCUT2D eigenvalue weighted by atomic mass is 10.1. The van der Waals surface area contributed by atoms with Crippen LogP contribution in [0.5, 0.6) is 5.75 Å². The molecule has 4 rings (SSSR count). The standard InChI is InChI=1S/C21H18BrN3O3/c1-23-16-12-25(15-6-4-5-7-17(15)28-3)19(13-8-10-14(22)11-9-13)18(16)20(26)24(2)21(23)27/h4-12H,1-3H3. The minimum atomic E-state index is -0.364. The van der Waals surface area contributed by atoms with Gasteiger partial charge in [-0.15, -0.1) is 0 Å². The fourth-order valence-electron chi connectivity index (χ4n) is 3.45. The van der Waals surface area contributed by atoms with Crippen molar-refractivity contribution in [1.29, 1.82) is 0 Å². The Morgan fingerprint density at radius 3 is 2.29 bits per heavy atom. The number of para-hydroxylation sites is 2. The van der Waals surface area contributed by atoms with Crippen LogP contribution in [0.4, 0.5) is 0 Å². The molecular weight excluding hydrogens is 422 g/mol. The van der Waals surface area contributed by atoms with Crippen LogP contribution in [-0.4, -0.2) is 20.8 Å². The molecule has 2 aromatic heterocycles. The maximum absolute atomic E-state index is 13.1. The van der Waals surface area contributed by atoms with E-state index in [4.69, 9.17) is 4.74 Å². The van der Waals surface area contributed by atoms with Gasteiger partial charge in [0.05, 0.1) is 29.4 Å². The van der Waals surface area contributed by atoms with Gasteiger partial charge in [-0.3, -0.25) is 13.9 Å². The highest BCUT2D eigenvalue weighted by atomic mass is 79.9. The summed E-state index contributed by atoms with van der Waals surface area (Å²) in [5, 5.41) is 0.484. The molecule has 0 atom stereocenters. The fourth-order valence-corrected chi connectivity index (χ4v) is 3.72. The van der Waals surface area contributed by atoms with Crippen LogP contribution in [0.2, 0.25) is 0 Å². The van der Waals surface area contributed by atoms with Gasteiger partial charge >= 0.3 is 5.69 Å². The van der Waals surface area contributed by atoms with Gasteiger partial charge in [0.2, 0.25) is 0 Å². The minimum absolute atomic E-state index is 0.329. The predicted molar refractivity (Wildman–Crippen MR) is 113 cm³/mol. The molecule has 0 aliphatic rings. The molecule has 0 bridgehead atoms. The van der Waals surface area contributed by atoms with Crippen molar-refractivity contribution < 1.29 is 4.74 Å². The third-order valence-corrected chi connectivity index (χ3v) is 5.43.